The summed E-state index contributed by atoms with van der Waals surface area (Å²) in [6.45, 7) is 0. The second kappa shape index (κ2) is 8.31. The van der Waals surface area contributed by atoms with Crippen molar-refractivity contribution in [3.05, 3.63) is 30.1 Å². The van der Waals surface area contributed by atoms with E-state index in [9.17, 15) is 5.11 Å². The fraction of sp³-hybridized carbons (Fsp3) is 0.706. The van der Waals surface area contributed by atoms with Crippen LogP contribution in [0, 0.1) is 5.92 Å². The number of aromatic nitrogens is 1. The lowest BCUT2D eigenvalue weighted by Gasteiger charge is -2.08. The molecule has 0 aliphatic heterocycles. The first-order valence-electron chi connectivity index (χ1n) is 7.93. The number of hydrogen-bond acceptors (Lipinski definition) is 2. The molecule has 1 N–H and O–H groups in total. The number of pyridine rings is 1. The fourth-order valence-electron chi connectivity index (χ4n) is 2.65. The molecular formula is C17H27NO. The van der Waals surface area contributed by atoms with E-state index in [0.29, 0.717) is 5.92 Å². The van der Waals surface area contributed by atoms with Crippen molar-refractivity contribution in [3.8, 4) is 0 Å². The number of unbranched alkanes of at least 4 members (excludes halogenated alkanes) is 5. The van der Waals surface area contributed by atoms with E-state index in [1.165, 1.54) is 56.9 Å². The molecule has 2 rings (SSSR count). The molecule has 0 radical (unpaired) electrons. The Hall–Kier alpha value is -0.890. The van der Waals surface area contributed by atoms with Gasteiger partial charge in [0.2, 0.25) is 0 Å². The molecule has 1 heterocycles. The van der Waals surface area contributed by atoms with E-state index in [1.807, 2.05) is 18.5 Å². The van der Waals surface area contributed by atoms with Crippen molar-refractivity contribution < 1.29 is 5.11 Å². The van der Waals surface area contributed by atoms with Crippen molar-refractivity contribution in [2.24, 2.45) is 5.92 Å². The molecule has 106 valence electrons. The topological polar surface area (TPSA) is 33.1 Å². The van der Waals surface area contributed by atoms with Crippen LogP contribution in [-0.2, 0) is 6.42 Å². The summed E-state index contributed by atoms with van der Waals surface area (Å²) in [5.74, 6) is 0.652. The summed E-state index contributed by atoms with van der Waals surface area (Å²) >= 11 is 0. The number of aryl methyl sites for hydroxylation is 1. The van der Waals surface area contributed by atoms with Crippen molar-refractivity contribution in [2.45, 2.75) is 70.3 Å². The maximum absolute atomic E-state index is 9.75. The normalized spacial score (nSPS) is 16.5. The van der Waals surface area contributed by atoms with Gasteiger partial charge in [-0.1, -0.05) is 38.2 Å². The smallest absolute Gasteiger partial charge is 0.0568 e. The first kappa shape index (κ1) is 14.5. The van der Waals surface area contributed by atoms with Crippen molar-refractivity contribution in [3.63, 3.8) is 0 Å². The van der Waals surface area contributed by atoms with E-state index in [1.54, 1.807) is 0 Å². The molecule has 0 aromatic carbocycles. The second-order valence-corrected chi connectivity index (χ2v) is 5.93. The first-order chi connectivity index (χ1) is 9.36. The minimum absolute atomic E-state index is 0.00517. The van der Waals surface area contributed by atoms with Crippen molar-refractivity contribution >= 4 is 0 Å². The van der Waals surface area contributed by atoms with Gasteiger partial charge in [-0.15, -0.1) is 0 Å². The van der Waals surface area contributed by atoms with Crippen molar-refractivity contribution in [1.29, 1.82) is 0 Å². The van der Waals surface area contributed by atoms with Crippen LogP contribution in [0.2, 0.25) is 0 Å². The third-order valence-electron chi connectivity index (χ3n) is 4.10. The molecule has 0 bridgehead atoms. The lowest BCUT2D eigenvalue weighted by atomic mass is 10.0. The fourth-order valence-corrected chi connectivity index (χ4v) is 2.65. The first-order valence-corrected chi connectivity index (χ1v) is 7.93. The largest absolute Gasteiger partial charge is 0.393 e. The predicted molar refractivity (Wildman–Crippen MR) is 79.0 cm³/mol. The van der Waals surface area contributed by atoms with Gasteiger partial charge in [0.1, 0.15) is 0 Å². The third-order valence-corrected chi connectivity index (χ3v) is 4.10. The van der Waals surface area contributed by atoms with Gasteiger partial charge in [-0.3, -0.25) is 4.98 Å². The number of nitrogens with zero attached hydrogens (tertiary/aromatic N) is 1. The molecule has 1 aromatic heterocycles. The highest BCUT2D eigenvalue weighted by atomic mass is 16.3. The number of aliphatic hydroxyl groups is 1. The van der Waals surface area contributed by atoms with Gasteiger partial charge in [-0.05, 0) is 49.7 Å². The summed E-state index contributed by atoms with van der Waals surface area (Å²) < 4.78 is 0. The summed E-state index contributed by atoms with van der Waals surface area (Å²) in [6.07, 6.45) is 16.3. The van der Waals surface area contributed by atoms with Crippen molar-refractivity contribution in [1.82, 2.24) is 4.98 Å². The molecule has 1 fully saturated rings. The van der Waals surface area contributed by atoms with Crippen LogP contribution in [0.5, 0.6) is 0 Å². The molecule has 0 saturated heterocycles. The Balaban J connectivity index is 1.38. The summed E-state index contributed by atoms with van der Waals surface area (Å²) in [4.78, 5) is 4.14. The van der Waals surface area contributed by atoms with Gasteiger partial charge in [0.25, 0.3) is 0 Å². The van der Waals surface area contributed by atoms with E-state index < -0.39 is 0 Å². The molecular weight excluding hydrogens is 234 g/mol. The Labute approximate surface area is 117 Å². The average molecular weight is 261 g/mol. The molecule has 1 aliphatic rings. The zero-order valence-electron chi connectivity index (χ0n) is 11.9. The standard InChI is InChI=1S/C17H27NO/c19-17(16-11-12-16)10-6-4-2-1-3-5-8-15-9-7-13-18-14-15/h7,9,13-14,16-17,19H,1-6,8,10-12H2. The lowest BCUT2D eigenvalue weighted by Crippen LogP contribution is -2.08. The van der Waals surface area contributed by atoms with E-state index in [0.717, 1.165) is 12.8 Å². The van der Waals surface area contributed by atoms with Gasteiger partial charge in [-0.25, -0.2) is 0 Å². The highest BCUT2D eigenvalue weighted by Crippen LogP contribution is 2.34. The molecule has 1 aromatic rings. The van der Waals surface area contributed by atoms with E-state index in [4.69, 9.17) is 0 Å². The van der Waals surface area contributed by atoms with Crippen LogP contribution >= 0.6 is 0 Å². The van der Waals surface area contributed by atoms with Crippen LogP contribution in [0.4, 0.5) is 0 Å². The quantitative estimate of drug-likeness (QED) is 0.642. The monoisotopic (exact) mass is 261 g/mol. The van der Waals surface area contributed by atoms with Gasteiger partial charge < -0.3 is 5.11 Å². The molecule has 1 saturated carbocycles. The Morgan fingerprint density at radius 2 is 1.84 bits per heavy atom. The Morgan fingerprint density at radius 3 is 2.53 bits per heavy atom. The number of hydrogen-bond donors (Lipinski definition) is 1. The van der Waals surface area contributed by atoms with Gasteiger partial charge in [0.05, 0.1) is 6.10 Å². The third kappa shape index (κ3) is 6.20. The molecule has 1 aliphatic carbocycles. The predicted octanol–water partition coefficient (Wildman–Crippen LogP) is 4.13. The zero-order valence-corrected chi connectivity index (χ0v) is 11.9. The highest BCUT2D eigenvalue weighted by molar-refractivity contribution is 5.08. The Bertz CT molecular complexity index is 334. The maximum atomic E-state index is 9.75. The van der Waals surface area contributed by atoms with Crippen LogP contribution in [-0.4, -0.2) is 16.2 Å². The summed E-state index contributed by atoms with van der Waals surface area (Å²) in [7, 11) is 0. The summed E-state index contributed by atoms with van der Waals surface area (Å²) in [5, 5.41) is 9.75. The van der Waals surface area contributed by atoms with E-state index in [-0.39, 0.29) is 6.10 Å². The van der Waals surface area contributed by atoms with Crippen molar-refractivity contribution in [2.75, 3.05) is 0 Å². The Kier molecular flexibility index (Phi) is 6.35. The second-order valence-electron chi connectivity index (χ2n) is 5.93. The van der Waals surface area contributed by atoms with Gasteiger partial charge >= 0.3 is 0 Å². The molecule has 1 atom stereocenters. The summed E-state index contributed by atoms with van der Waals surface area (Å²) in [5.41, 5.74) is 1.36. The van der Waals surface area contributed by atoms with Crippen LogP contribution < -0.4 is 0 Å². The zero-order chi connectivity index (χ0) is 13.3. The molecule has 2 nitrogen and oxygen atoms in total. The SMILES string of the molecule is OC(CCCCCCCCc1cccnc1)C1CC1. The van der Waals surface area contributed by atoms with Gasteiger partial charge in [0.15, 0.2) is 0 Å². The lowest BCUT2D eigenvalue weighted by molar-refractivity contribution is 0.138. The minimum atomic E-state index is 0.00517. The van der Waals surface area contributed by atoms with E-state index in [2.05, 4.69) is 11.1 Å². The number of aliphatic hydroxyl groups excluding tert-OH is 1. The molecule has 2 heteroatoms. The molecule has 0 amide bonds. The van der Waals surface area contributed by atoms with Crippen LogP contribution in [0.25, 0.3) is 0 Å². The average Bonchev–Trinajstić information content (AvgIpc) is 3.27. The number of rotatable bonds is 10. The molecule has 1 unspecified atom stereocenters. The van der Waals surface area contributed by atoms with Crippen LogP contribution in [0.1, 0.15) is 63.4 Å². The van der Waals surface area contributed by atoms with E-state index >= 15 is 0 Å². The van der Waals surface area contributed by atoms with Crippen LogP contribution in [0.3, 0.4) is 0 Å². The van der Waals surface area contributed by atoms with Gasteiger partial charge in [0, 0.05) is 12.4 Å². The molecule has 19 heavy (non-hydrogen) atoms. The Morgan fingerprint density at radius 1 is 1.11 bits per heavy atom. The molecule has 0 spiro atoms. The minimum Gasteiger partial charge on any atom is -0.393 e. The van der Waals surface area contributed by atoms with Crippen LogP contribution in [0.15, 0.2) is 24.5 Å². The highest BCUT2D eigenvalue weighted by Gasteiger charge is 2.28. The maximum Gasteiger partial charge on any atom is 0.0568 e. The summed E-state index contributed by atoms with van der Waals surface area (Å²) in [6, 6.07) is 4.17. The van der Waals surface area contributed by atoms with Gasteiger partial charge in [-0.2, -0.15) is 0 Å².